The molecule has 1 atom stereocenters. The summed E-state index contributed by atoms with van der Waals surface area (Å²) in [6.45, 7) is 4.00. The van der Waals surface area contributed by atoms with Gasteiger partial charge in [-0.05, 0) is 38.4 Å². The van der Waals surface area contributed by atoms with E-state index in [9.17, 15) is 0 Å². The van der Waals surface area contributed by atoms with Crippen LogP contribution in [0.15, 0.2) is 30.6 Å². The summed E-state index contributed by atoms with van der Waals surface area (Å²) in [6.07, 6.45) is 5.97. The molecule has 0 spiro atoms. The van der Waals surface area contributed by atoms with E-state index in [2.05, 4.69) is 37.3 Å². The van der Waals surface area contributed by atoms with Gasteiger partial charge in [-0.15, -0.1) is 0 Å². The molecular weight excluding hydrogens is 262 g/mol. The van der Waals surface area contributed by atoms with Crippen molar-refractivity contribution in [3.05, 3.63) is 47.7 Å². The van der Waals surface area contributed by atoms with Crippen LogP contribution in [0.3, 0.4) is 0 Å². The molecule has 1 N–H and O–H groups in total. The van der Waals surface area contributed by atoms with Crippen LogP contribution in [0.5, 0.6) is 0 Å². The number of likely N-dealkylation sites (tertiary alicyclic amines) is 1. The van der Waals surface area contributed by atoms with Crippen LogP contribution in [-0.4, -0.2) is 33.4 Å². The second-order valence-corrected chi connectivity index (χ2v) is 5.48. The van der Waals surface area contributed by atoms with Gasteiger partial charge in [-0.3, -0.25) is 14.9 Å². The standard InChI is InChI=1S/C16H21N5/c1-12-5-3-6-13(19-12)11-21-8-4-7-15(21)14-9-18-10-16(17-2)20-14/h3,5-6,9-10,15H,4,7-8,11H2,1-2H3,(H,17,20). The van der Waals surface area contributed by atoms with E-state index >= 15 is 0 Å². The van der Waals surface area contributed by atoms with Crippen molar-refractivity contribution < 1.29 is 0 Å². The van der Waals surface area contributed by atoms with Gasteiger partial charge >= 0.3 is 0 Å². The van der Waals surface area contributed by atoms with E-state index < -0.39 is 0 Å². The van der Waals surface area contributed by atoms with Gasteiger partial charge in [0.05, 0.1) is 29.8 Å². The number of hydrogen-bond acceptors (Lipinski definition) is 5. The molecule has 3 heterocycles. The van der Waals surface area contributed by atoms with Gasteiger partial charge in [0.1, 0.15) is 5.82 Å². The number of rotatable bonds is 4. The highest BCUT2D eigenvalue weighted by molar-refractivity contribution is 5.31. The molecule has 0 aromatic carbocycles. The summed E-state index contributed by atoms with van der Waals surface area (Å²) in [5.74, 6) is 0.827. The highest BCUT2D eigenvalue weighted by atomic mass is 15.2. The number of anilines is 1. The summed E-state index contributed by atoms with van der Waals surface area (Å²) >= 11 is 0. The third-order valence-electron chi connectivity index (χ3n) is 3.93. The van der Waals surface area contributed by atoms with Crippen molar-refractivity contribution in [2.75, 3.05) is 18.9 Å². The van der Waals surface area contributed by atoms with Crippen LogP contribution < -0.4 is 5.32 Å². The molecule has 0 amide bonds. The predicted molar refractivity (Wildman–Crippen MR) is 82.9 cm³/mol. The molecule has 5 nitrogen and oxygen atoms in total. The smallest absolute Gasteiger partial charge is 0.144 e. The SMILES string of the molecule is CNc1cncc(C2CCCN2Cc2cccc(C)n2)n1. The van der Waals surface area contributed by atoms with Crippen LogP contribution in [0, 0.1) is 6.92 Å². The Bertz CT molecular complexity index is 613. The van der Waals surface area contributed by atoms with Crippen molar-refractivity contribution in [1.82, 2.24) is 19.9 Å². The van der Waals surface area contributed by atoms with Gasteiger partial charge in [-0.25, -0.2) is 4.98 Å². The van der Waals surface area contributed by atoms with Crippen molar-refractivity contribution in [2.24, 2.45) is 0 Å². The van der Waals surface area contributed by atoms with Crippen LogP contribution >= 0.6 is 0 Å². The molecule has 110 valence electrons. The molecule has 1 fully saturated rings. The molecule has 0 saturated carbocycles. The maximum Gasteiger partial charge on any atom is 0.144 e. The average Bonchev–Trinajstić information content (AvgIpc) is 2.95. The van der Waals surface area contributed by atoms with Crippen molar-refractivity contribution in [2.45, 2.75) is 32.4 Å². The van der Waals surface area contributed by atoms with Gasteiger partial charge in [0.2, 0.25) is 0 Å². The van der Waals surface area contributed by atoms with E-state index in [-0.39, 0.29) is 0 Å². The van der Waals surface area contributed by atoms with Crippen LogP contribution in [0.2, 0.25) is 0 Å². The highest BCUT2D eigenvalue weighted by Crippen LogP contribution is 2.31. The molecule has 21 heavy (non-hydrogen) atoms. The van der Waals surface area contributed by atoms with E-state index in [0.29, 0.717) is 6.04 Å². The van der Waals surface area contributed by atoms with Crippen LogP contribution in [-0.2, 0) is 6.54 Å². The average molecular weight is 283 g/mol. The van der Waals surface area contributed by atoms with Crippen molar-refractivity contribution in [3.8, 4) is 0 Å². The van der Waals surface area contributed by atoms with Gasteiger partial charge < -0.3 is 5.32 Å². The molecule has 0 bridgehead atoms. The van der Waals surface area contributed by atoms with Crippen molar-refractivity contribution >= 4 is 5.82 Å². The summed E-state index contributed by atoms with van der Waals surface area (Å²) in [5, 5.41) is 3.06. The highest BCUT2D eigenvalue weighted by Gasteiger charge is 2.27. The molecule has 2 aromatic heterocycles. The topological polar surface area (TPSA) is 53.9 Å². The molecular formula is C16H21N5. The third-order valence-corrected chi connectivity index (χ3v) is 3.93. The lowest BCUT2D eigenvalue weighted by molar-refractivity contribution is 0.241. The number of aromatic nitrogens is 3. The zero-order valence-electron chi connectivity index (χ0n) is 12.6. The zero-order chi connectivity index (χ0) is 14.7. The molecule has 1 saturated heterocycles. The first-order chi connectivity index (χ1) is 10.3. The molecule has 1 aliphatic rings. The Morgan fingerprint density at radius 3 is 3.00 bits per heavy atom. The van der Waals surface area contributed by atoms with Crippen molar-refractivity contribution in [3.63, 3.8) is 0 Å². The zero-order valence-corrected chi connectivity index (χ0v) is 12.6. The summed E-state index contributed by atoms with van der Waals surface area (Å²) in [5.41, 5.74) is 3.24. The van der Waals surface area contributed by atoms with Gasteiger partial charge in [0, 0.05) is 19.3 Å². The normalized spacial score (nSPS) is 18.9. The first-order valence-corrected chi connectivity index (χ1v) is 7.42. The van der Waals surface area contributed by atoms with Crippen LogP contribution in [0.4, 0.5) is 5.82 Å². The lowest BCUT2D eigenvalue weighted by Gasteiger charge is -2.23. The Morgan fingerprint density at radius 2 is 2.19 bits per heavy atom. The van der Waals surface area contributed by atoms with Gasteiger partial charge in [-0.2, -0.15) is 0 Å². The predicted octanol–water partition coefficient (Wildman–Crippen LogP) is 2.56. The maximum absolute atomic E-state index is 4.65. The minimum absolute atomic E-state index is 0.341. The Labute approximate surface area is 125 Å². The van der Waals surface area contributed by atoms with Gasteiger partial charge in [0.25, 0.3) is 0 Å². The Morgan fingerprint density at radius 1 is 1.29 bits per heavy atom. The van der Waals surface area contributed by atoms with Crippen LogP contribution in [0.25, 0.3) is 0 Å². The fourth-order valence-corrected chi connectivity index (χ4v) is 2.91. The number of nitrogens with zero attached hydrogens (tertiary/aromatic N) is 4. The molecule has 0 radical (unpaired) electrons. The monoisotopic (exact) mass is 283 g/mol. The molecule has 3 rings (SSSR count). The molecule has 2 aromatic rings. The Hall–Kier alpha value is -2.01. The minimum Gasteiger partial charge on any atom is -0.372 e. The third kappa shape index (κ3) is 3.19. The number of hydrogen-bond donors (Lipinski definition) is 1. The number of pyridine rings is 1. The Kier molecular flexibility index (Phi) is 4.10. The fraction of sp³-hybridized carbons (Fsp3) is 0.438. The quantitative estimate of drug-likeness (QED) is 0.934. The summed E-state index contributed by atoms with van der Waals surface area (Å²) in [4.78, 5) is 16.0. The number of nitrogens with one attached hydrogen (secondary N) is 1. The summed E-state index contributed by atoms with van der Waals surface area (Å²) in [7, 11) is 1.87. The minimum atomic E-state index is 0.341. The van der Waals surface area contributed by atoms with Crippen molar-refractivity contribution in [1.29, 1.82) is 0 Å². The molecule has 1 unspecified atom stereocenters. The van der Waals surface area contributed by atoms with Crippen LogP contribution in [0.1, 0.15) is 36.0 Å². The molecule has 5 heteroatoms. The fourth-order valence-electron chi connectivity index (χ4n) is 2.91. The van der Waals surface area contributed by atoms with E-state index in [1.54, 1.807) is 6.20 Å². The molecule has 0 aliphatic carbocycles. The Balaban J connectivity index is 1.78. The van der Waals surface area contributed by atoms with E-state index in [0.717, 1.165) is 42.4 Å². The lowest BCUT2D eigenvalue weighted by Crippen LogP contribution is -2.24. The van der Waals surface area contributed by atoms with Gasteiger partial charge in [0.15, 0.2) is 0 Å². The second-order valence-electron chi connectivity index (χ2n) is 5.48. The summed E-state index contributed by atoms with van der Waals surface area (Å²) < 4.78 is 0. The van der Waals surface area contributed by atoms with E-state index in [4.69, 9.17) is 0 Å². The number of aryl methyl sites for hydroxylation is 1. The largest absolute Gasteiger partial charge is 0.372 e. The first-order valence-electron chi connectivity index (χ1n) is 7.42. The van der Waals surface area contributed by atoms with Gasteiger partial charge in [-0.1, -0.05) is 6.07 Å². The molecule has 1 aliphatic heterocycles. The second kappa shape index (κ2) is 6.18. The summed E-state index contributed by atoms with van der Waals surface area (Å²) in [6, 6.07) is 6.54. The maximum atomic E-state index is 4.65. The lowest BCUT2D eigenvalue weighted by atomic mass is 10.1. The first kappa shape index (κ1) is 13.9. The van der Waals surface area contributed by atoms with E-state index in [1.807, 2.05) is 26.2 Å². The van der Waals surface area contributed by atoms with E-state index in [1.165, 1.54) is 6.42 Å².